The number of aromatic amines is 1. The van der Waals surface area contributed by atoms with Gasteiger partial charge in [0.2, 0.25) is 5.91 Å². The maximum Gasteiger partial charge on any atom is 0.439 e. The van der Waals surface area contributed by atoms with Crippen LogP contribution in [0.4, 0.5) is 18.9 Å². The number of H-pyrrole nitrogens is 1. The zero-order chi connectivity index (χ0) is 23.6. The third-order valence-electron chi connectivity index (χ3n) is 4.81. The maximum atomic E-state index is 12.9. The summed E-state index contributed by atoms with van der Waals surface area (Å²) in [5.74, 6) is -1.05. The van der Waals surface area contributed by atoms with E-state index in [4.69, 9.17) is 11.6 Å². The molecule has 168 valence electrons. The molecule has 0 saturated carbocycles. The van der Waals surface area contributed by atoms with E-state index in [9.17, 15) is 22.8 Å². The Morgan fingerprint density at radius 3 is 2.27 bits per heavy atom. The molecule has 0 radical (unpaired) electrons. The summed E-state index contributed by atoms with van der Waals surface area (Å²) < 4.78 is 43.2. The Labute approximate surface area is 190 Å². The van der Waals surface area contributed by atoms with Gasteiger partial charge in [-0.25, -0.2) is 4.79 Å². The van der Waals surface area contributed by atoms with Gasteiger partial charge in [0.25, 0.3) is 0 Å². The highest BCUT2D eigenvalue weighted by atomic mass is 35.5. The second-order valence-corrected chi connectivity index (χ2v) is 7.57. The Kier molecular flexibility index (Phi) is 6.06. The molecule has 0 unspecified atom stereocenters. The molecule has 6 nitrogen and oxygen atoms in total. The number of benzene rings is 3. The second-order valence-electron chi connectivity index (χ2n) is 7.13. The van der Waals surface area contributed by atoms with Gasteiger partial charge in [-0.3, -0.25) is 14.3 Å². The van der Waals surface area contributed by atoms with Gasteiger partial charge in [0, 0.05) is 10.6 Å². The zero-order valence-corrected chi connectivity index (χ0v) is 17.5. The van der Waals surface area contributed by atoms with Crippen molar-refractivity contribution in [3.63, 3.8) is 0 Å². The summed E-state index contributed by atoms with van der Waals surface area (Å²) in [6, 6.07) is 16.3. The lowest BCUT2D eigenvalue weighted by atomic mass is 10.00. The molecule has 0 aliphatic rings. The highest BCUT2D eigenvalue weighted by Crippen LogP contribution is 2.34. The standard InChI is InChI=1S/C23H15ClF3N3O3/c24-17-8-1-13(2-9-17)11-20(31)28-19-10-5-15(12-18(19)21-29-22(32)33-30-21)14-3-6-16(7-4-14)23(25,26)27/h1-10,12H,11H2,(H,28,31)(H,29,30,32). The maximum absolute atomic E-state index is 12.9. The van der Waals surface area contributed by atoms with Crippen LogP contribution in [0.2, 0.25) is 5.02 Å². The van der Waals surface area contributed by atoms with Gasteiger partial charge in [-0.05, 0) is 53.1 Å². The second kappa shape index (κ2) is 8.95. The minimum atomic E-state index is -4.44. The number of hydrogen-bond donors (Lipinski definition) is 2. The molecule has 1 heterocycles. The van der Waals surface area contributed by atoms with Gasteiger partial charge in [-0.2, -0.15) is 13.2 Å². The SMILES string of the molecule is O=C(Cc1ccc(Cl)cc1)Nc1ccc(-c2ccc(C(F)(F)F)cc2)cc1-c1noc(=O)[nH]1. The molecule has 0 atom stereocenters. The first-order valence-electron chi connectivity index (χ1n) is 9.61. The number of carbonyl (C=O) groups excluding carboxylic acids is 1. The Hall–Kier alpha value is -3.85. The van der Waals surface area contributed by atoms with Crippen molar-refractivity contribution in [3.8, 4) is 22.5 Å². The van der Waals surface area contributed by atoms with Gasteiger partial charge in [0.15, 0.2) is 5.82 Å². The van der Waals surface area contributed by atoms with Crippen molar-refractivity contribution < 1.29 is 22.5 Å². The summed E-state index contributed by atoms with van der Waals surface area (Å²) >= 11 is 5.86. The summed E-state index contributed by atoms with van der Waals surface area (Å²) in [4.78, 5) is 26.5. The van der Waals surface area contributed by atoms with E-state index in [1.54, 1.807) is 42.5 Å². The fourth-order valence-corrected chi connectivity index (χ4v) is 3.33. The minimum Gasteiger partial charge on any atom is -0.325 e. The molecular weight excluding hydrogens is 459 g/mol. The van der Waals surface area contributed by atoms with E-state index in [1.807, 2.05) is 0 Å². The highest BCUT2D eigenvalue weighted by Gasteiger charge is 2.30. The highest BCUT2D eigenvalue weighted by molar-refractivity contribution is 6.30. The van der Waals surface area contributed by atoms with Gasteiger partial charge in [-0.15, -0.1) is 0 Å². The van der Waals surface area contributed by atoms with Crippen LogP contribution in [0, 0.1) is 0 Å². The van der Waals surface area contributed by atoms with Crippen LogP contribution >= 0.6 is 11.6 Å². The van der Waals surface area contributed by atoms with Crippen molar-refractivity contribution in [1.82, 2.24) is 10.1 Å². The predicted octanol–water partition coefficient (Wildman–Crippen LogP) is 5.55. The van der Waals surface area contributed by atoms with Crippen LogP contribution in [0.5, 0.6) is 0 Å². The van der Waals surface area contributed by atoms with E-state index < -0.39 is 17.5 Å². The summed E-state index contributed by atoms with van der Waals surface area (Å²) in [5.41, 5.74) is 1.72. The lowest BCUT2D eigenvalue weighted by molar-refractivity contribution is -0.137. The normalized spacial score (nSPS) is 11.4. The minimum absolute atomic E-state index is 0.0653. The van der Waals surface area contributed by atoms with E-state index in [1.165, 1.54) is 12.1 Å². The number of nitrogens with one attached hydrogen (secondary N) is 2. The number of carbonyl (C=O) groups is 1. The Bertz CT molecular complexity index is 1340. The van der Waals surface area contributed by atoms with Gasteiger partial charge in [0.05, 0.1) is 17.7 Å². The molecule has 2 N–H and O–H groups in total. The first-order chi connectivity index (χ1) is 15.7. The predicted molar refractivity (Wildman–Crippen MR) is 117 cm³/mol. The number of halogens is 4. The third kappa shape index (κ3) is 5.32. The van der Waals surface area contributed by atoms with E-state index in [0.717, 1.165) is 17.7 Å². The van der Waals surface area contributed by atoms with Crippen LogP contribution in [-0.2, 0) is 17.4 Å². The first-order valence-corrected chi connectivity index (χ1v) is 9.99. The van der Waals surface area contributed by atoms with Crippen LogP contribution in [0.25, 0.3) is 22.5 Å². The van der Waals surface area contributed by atoms with Crippen LogP contribution in [-0.4, -0.2) is 16.0 Å². The Morgan fingerprint density at radius 1 is 1.00 bits per heavy atom. The molecule has 4 aromatic rings. The quantitative estimate of drug-likeness (QED) is 0.398. The molecule has 0 aliphatic heterocycles. The molecule has 1 aromatic heterocycles. The number of amides is 1. The molecule has 0 fully saturated rings. The molecule has 4 rings (SSSR count). The molecule has 3 aromatic carbocycles. The monoisotopic (exact) mass is 473 g/mol. The number of anilines is 1. The topological polar surface area (TPSA) is 88.0 Å². The number of hydrogen-bond acceptors (Lipinski definition) is 4. The summed E-state index contributed by atoms with van der Waals surface area (Å²) in [7, 11) is 0. The van der Waals surface area contributed by atoms with Gasteiger partial charge in [0.1, 0.15) is 0 Å². The van der Waals surface area contributed by atoms with Crippen molar-refractivity contribution in [1.29, 1.82) is 0 Å². The largest absolute Gasteiger partial charge is 0.439 e. The average molecular weight is 474 g/mol. The van der Waals surface area contributed by atoms with Gasteiger partial charge < -0.3 is 5.32 Å². The lowest BCUT2D eigenvalue weighted by Gasteiger charge is -2.12. The van der Waals surface area contributed by atoms with E-state index in [-0.39, 0.29) is 18.2 Å². The summed E-state index contributed by atoms with van der Waals surface area (Å²) in [6.07, 6.45) is -4.37. The molecular formula is C23H15ClF3N3O3. The number of nitrogens with zero attached hydrogens (tertiary/aromatic N) is 1. The van der Waals surface area contributed by atoms with Crippen LogP contribution in [0.15, 0.2) is 76.0 Å². The lowest BCUT2D eigenvalue weighted by Crippen LogP contribution is -2.15. The van der Waals surface area contributed by atoms with Crippen molar-refractivity contribution in [2.24, 2.45) is 0 Å². The van der Waals surface area contributed by atoms with Gasteiger partial charge in [-0.1, -0.05) is 47.1 Å². The number of aromatic nitrogens is 2. The van der Waals surface area contributed by atoms with E-state index in [2.05, 4.69) is 20.0 Å². The van der Waals surface area contributed by atoms with E-state index in [0.29, 0.717) is 27.4 Å². The first kappa shape index (κ1) is 22.3. The van der Waals surface area contributed by atoms with E-state index >= 15 is 0 Å². The fourth-order valence-electron chi connectivity index (χ4n) is 3.21. The molecule has 0 saturated heterocycles. The number of alkyl halides is 3. The van der Waals surface area contributed by atoms with Crippen molar-refractivity contribution >= 4 is 23.2 Å². The molecule has 0 aliphatic carbocycles. The molecule has 33 heavy (non-hydrogen) atoms. The van der Waals surface area contributed by atoms with Gasteiger partial charge >= 0.3 is 11.9 Å². The van der Waals surface area contributed by atoms with Crippen molar-refractivity contribution in [2.75, 3.05) is 5.32 Å². The molecule has 0 spiro atoms. The average Bonchev–Trinajstić information content (AvgIpc) is 3.21. The Balaban J connectivity index is 1.65. The van der Waals surface area contributed by atoms with Crippen LogP contribution in [0.1, 0.15) is 11.1 Å². The van der Waals surface area contributed by atoms with Crippen LogP contribution in [0.3, 0.4) is 0 Å². The van der Waals surface area contributed by atoms with Crippen LogP contribution < -0.4 is 11.1 Å². The fraction of sp³-hybridized carbons (Fsp3) is 0.0870. The molecule has 10 heteroatoms. The molecule has 0 bridgehead atoms. The zero-order valence-electron chi connectivity index (χ0n) is 16.7. The number of rotatable bonds is 5. The summed E-state index contributed by atoms with van der Waals surface area (Å²) in [5, 5.41) is 6.99. The van der Waals surface area contributed by atoms with Crippen molar-refractivity contribution in [3.05, 3.63) is 93.4 Å². The third-order valence-corrected chi connectivity index (χ3v) is 5.06. The Morgan fingerprint density at radius 2 is 1.67 bits per heavy atom. The molecule has 1 amide bonds. The summed E-state index contributed by atoms with van der Waals surface area (Å²) in [6.45, 7) is 0. The van der Waals surface area contributed by atoms with Crippen molar-refractivity contribution in [2.45, 2.75) is 12.6 Å². The smallest absolute Gasteiger partial charge is 0.325 e.